The van der Waals surface area contributed by atoms with E-state index in [9.17, 15) is 9.59 Å². The number of hydrogen-bond donors (Lipinski definition) is 2. The van der Waals surface area contributed by atoms with E-state index in [-0.39, 0.29) is 13.2 Å². The summed E-state index contributed by atoms with van der Waals surface area (Å²) < 4.78 is 4.69. The molecular weight excluding hydrogens is 308 g/mol. The summed E-state index contributed by atoms with van der Waals surface area (Å²) in [7, 11) is 0. The highest BCUT2D eigenvalue weighted by Gasteiger charge is 2.08. The number of aliphatic hydroxyl groups excluding tert-OH is 1. The number of ether oxygens (including phenoxy) is 1. The van der Waals surface area contributed by atoms with Gasteiger partial charge in [-0.1, -0.05) is 51.8 Å². The molecule has 24 heavy (non-hydrogen) atoms. The second-order valence-corrected chi connectivity index (χ2v) is 6.74. The summed E-state index contributed by atoms with van der Waals surface area (Å²) in [5.74, 6) is -1.07. The van der Waals surface area contributed by atoms with Crippen LogP contribution in [0.15, 0.2) is 30.3 Å². The average molecular weight is 338 g/mol. The number of benzene rings is 1. The molecule has 136 valence electrons. The van der Waals surface area contributed by atoms with Crippen molar-refractivity contribution in [2.45, 2.75) is 52.9 Å². The molecule has 1 aromatic rings. The van der Waals surface area contributed by atoms with Crippen molar-refractivity contribution in [2.24, 2.45) is 5.41 Å². The molecule has 0 saturated carbocycles. The number of carbonyl (C=O) groups is 2. The van der Waals surface area contributed by atoms with Gasteiger partial charge in [-0.25, -0.2) is 4.79 Å². The molecule has 0 saturated heterocycles. The van der Waals surface area contributed by atoms with Gasteiger partial charge in [0.15, 0.2) is 0 Å². The van der Waals surface area contributed by atoms with Gasteiger partial charge in [-0.3, -0.25) is 4.79 Å². The molecule has 1 aromatic carbocycles. The van der Waals surface area contributed by atoms with Crippen molar-refractivity contribution in [1.29, 1.82) is 0 Å². The van der Waals surface area contributed by atoms with Crippen LogP contribution in [0.1, 0.15) is 63.2 Å². The fourth-order valence-electron chi connectivity index (χ4n) is 1.90. The molecule has 0 aliphatic rings. The van der Waals surface area contributed by atoms with E-state index in [1.165, 1.54) is 6.42 Å². The zero-order valence-corrected chi connectivity index (χ0v) is 15.0. The second kappa shape index (κ2) is 12.5. The zero-order chi connectivity index (χ0) is 18.4. The minimum absolute atomic E-state index is 0.0493. The Kier molecular flexibility index (Phi) is 11.5. The van der Waals surface area contributed by atoms with Crippen LogP contribution in [0.2, 0.25) is 0 Å². The number of rotatable bonds is 8. The monoisotopic (exact) mass is 338 g/mol. The van der Waals surface area contributed by atoms with Crippen LogP contribution in [0.4, 0.5) is 0 Å². The predicted molar refractivity (Wildman–Crippen MR) is 94.0 cm³/mol. The molecule has 5 heteroatoms. The lowest BCUT2D eigenvalue weighted by Gasteiger charge is -2.17. The SMILES string of the molecule is CC(C)(C)CCCCCC(=O)O.O=C(OCCO)c1ccccc1. The van der Waals surface area contributed by atoms with Crippen LogP contribution in [-0.4, -0.2) is 35.4 Å². The van der Waals surface area contributed by atoms with Gasteiger partial charge in [0.05, 0.1) is 12.2 Å². The first-order chi connectivity index (χ1) is 11.3. The number of hydrogen-bond acceptors (Lipinski definition) is 4. The summed E-state index contributed by atoms with van der Waals surface area (Å²) in [4.78, 5) is 21.2. The highest BCUT2D eigenvalue weighted by molar-refractivity contribution is 5.89. The Balaban J connectivity index is 0.000000441. The summed E-state index contributed by atoms with van der Waals surface area (Å²) in [6.45, 7) is 6.55. The Bertz CT molecular complexity index is 462. The van der Waals surface area contributed by atoms with Crippen LogP contribution in [0.3, 0.4) is 0 Å². The summed E-state index contributed by atoms with van der Waals surface area (Å²) >= 11 is 0. The molecule has 0 aliphatic carbocycles. The second-order valence-electron chi connectivity index (χ2n) is 6.74. The van der Waals surface area contributed by atoms with E-state index in [1.54, 1.807) is 24.3 Å². The third kappa shape index (κ3) is 13.8. The molecule has 2 N–H and O–H groups in total. The predicted octanol–water partition coefficient (Wildman–Crippen LogP) is 3.90. The zero-order valence-electron chi connectivity index (χ0n) is 15.0. The number of esters is 1. The van der Waals surface area contributed by atoms with Crippen LogP contribution in [0, 0.1) is 5.41 Å². The normalized spacial score (nSPS) is 10.5. The van der Waals surface area contributed by atoms with Crippen molar-refractivity contribution in [3.63, 3.8) is 0 Å². The summed E-state index contributed by atoms with van der Waals surface area (Å²) in [5.41, 5.74) is 0.898. The summed E-state index contributed by atoms with van der Waals surface area (Å²) in [6, 6.07) is 8.67. The smallest absolute Gasteiger partial charge is 0.338 e. The number of carbonyl (C=O) groups excluding carboxylic acids is 1. The molecular formula is C19H30O5. The Labute approximate surface area is 144 Å². The molecule has 0 radical (unpaired) electrons. The first-order valence-corrected chi connectivity index (χ1v) is 8.31. The van der Waals surface area contributed by atoms with Crippen molar-refractivity contribution in [1.82, 2.24) is 0 Å². The first kappa shape index (κ1) is 22.1. The fraction of sp³-hybridized carbons (Fsp3) is 0.579. The quantitative estimate of drug-likeness (QED) is 0.555. The topological polar surface area (TPSA) is 83.8 Å². The number of aliphatic hydroxyl groups is 1. The van der Waals surface area contributed by atoms with E-state index < -0.39 is 11.9 Å². The van der Waals surface area contributed by atoms with Crippen molar-refractivity contribution >= 4 is 11.9 Å². The Morgan fingerprint density at radius 3 is 2.17 bits per heavy atom. The van der Waals surface area contributed by atoms with E-state index >= 15 is 0 Å². The standard InChI is InChI=1S/C10H20O2.C9H10O3/c1-10(2,3)8-6-4-5-7-9(11)12;10-6-7-12-9(11)8-4-2-1-3-5-8/h4-8H2,1-3H3,(H,11,12);1-5,10H,6-7H2. The van der Waals surface area contributed by atoms with Crippen LogP contribution < -0.4 is 0 Å². The third-order valence-electron chi connectivity index (χ3n) is 3.15. The van der Waals surface area contributed by atoms with Crippen molar-refractivity contribution in [3.05, 3.63) is 35.9 Å². The highest BCUT2D eigenvalue weighted by atomic mass is 16.5. The number of carboxylic acid groups (broad SMARTS) is 1. The maximum absolute atomic E-state index is 11.1. The van der Waals surface area contributed by atoms with E-state index in [0.717, 1.165) is 19.3 Å². The van der Waals surface area contributed by atoms with Gasteiger partial charge in [0, 0.05) is 6.42 Å². The van der Waals surface area contributed by atoms with Gasteiger partial charge in [-0.05, 0) is 30.4 Å². The van der Waals surface area contributed by atoms with Crippen molar-refractivity contribution in [2.75, 3.05) is 13.2 Å². The molecule has 0 aliphatic heterocycles. The Morgan fingerprint density at radius 2 is 1.67 bits per heavy atom. The molecule has 0 heterocycles. The third-order valence-corrected chi connectivity index (χ3v) is 3.15. The van der Waals surface area contributed by atoms with Crippen LogP contribution in [-0.2, 0) is 9.53 Å². The van der Waals surface area contributed by atoms with Crippen molar-refractivity contribution in [3.8, 4) is 0 Å². The highest BCUT2D eigenvalue weighted by Crippen LogP contribution is 2.22. The largest absolute Gasteiger partial charge is 0.481 e. The van der Waals surface area contributed by atoms with Gasteiger partial charge < -0.3 is 14.9 Å². The van der Waals surface area contributed by atoms with Gasteiger partial charge in [-0.2, -0.15) is 0 Å². The fourth-order valence-corrected chi connectivity index (χ4v) is 1.90. The maximum Gasteiger partial charge on any atom is 0.338 e. The van der Waals surface area contributed by atoms with Gasteiger partial charge in [0.25, 0.3) is 0 Å². The van der Waals surface area contributed by atoms with Gasteiger partial charge in [0.1, 0.15) is 6.61 Å². The van der Waals surface area contributed by atoms with Crippen LogP contribution in [0.25, 0.3) is 0 Å². The molecule has 0 amide bonds. The number of unbranched alkanes of at least 4 members (excludes halogenated alkanes) is 2. The van der Waals surface area contributed by atoms with E-state index in [4.69, 9.17) is 10.2 Å². The van der Waals surface area contributed by atoms with E-state index in [1.807, 2.05) is 6.07 Å². The number of aliphatic carboxylic acids is 1. The van der Waals surface area contributed by atoms with E-state index in [0.29, 0.717) is 17.4 Å². The Morgan fingerprint density at radius 1 is 1.04 bits per heavy atom. The molecule has 0 aromatic heterocycles. The number of carboxylic acids is 1. The van der Waals surface area contributed by atoms with Gasteiger partial charge in [-0.15, -0.1) is 0 Å². The minimum Gasteiger partial charge on any atom is -0.481 e. The van der Waals surface area contributed by atoms with Gasteiger partial charge in [0.2, 0.25) is 0 Å². The lowest BCUT2D eigenvalue weighted by molar-refractivity contribution is -0.137. The lowest BCUT2D eigenvalue weighted by Crippen LogP contribution is -2.08. The van der Waals surface area contributed by atoms with Crippen LogP contribution >= 0.6 is 0 Å². The molecule has 0 unspecified atom stereocenters. The Hall–Kier alpha value is -1.88. The van der Waals surface area contributed by atoms with Crippen LogP contribution in [0.5, 0.6) is 0 Å². The summed E-state index contributed by atoms with van der Waals surface area (Å²) in [6.07, 6.45) is 4.53. The molecule has 5 nitrogen and oxygen atoms in total. The maximum atomic E-state index is 11.1. The summed E-state index contributed by atoms with van der Waals surface area (Å²) in [5, 5.41) is 16.8. The average Bonchev–Trinajstić information content (AvgIpc) is 2.52. The molecule has 0 bridgehead atoms. The van der Waals surface area contributed by atoms with Crippen molar-refractivity contribution < 1.29 is 24.5 Å². The first-order valence-electron chi connectivity index (χ1n) is 8.31. The van der Waals surface area contributed by atoms with E-state index in [2.05, 4.69) is 25.5 Å². The minimum atomic E-state index is -0.675. The van der Waals surface area contributed by atoms with Gasteiger partial charge >= 0.3 is 11.9 Å². The molecule has 1 rings (SSSR count). The molecule has 0 fully saturated rings. The lowest BCUT2D eigenvalue weighted by atomic mass is 9.89. The molecule has 0 atom stereocenters. The molecule has 0 spiro atoms.